The van der Waals surface area contributed by atoms with Gasteiger partial charge in [-0.3, -0.25) is 5.43 Å². The highest BCUT2D eigenvalue weighted by Gasteiger charge is 2.06. The number of nitrogens with zero attached hydrogens (tertiary/aromatic N) is 1. The predicted molar refractivity (Wildman–Crippen MR) is 78.5 cm³/mol. The number of nitrogens with one attached hydrogen (secondary N) is 1. The average molecular weight is 305 g/mol. The van der Waals surface area contributed by atoms with Crippen molar-refractivity contribution in [2.45, 2.75) is 0 Å². The van der Waals surface area contributed by atoms with Crippen LogP contribution in [0.1, 0.15) is 15.9 Å². The summed E-state index contributed by atoms with van der Waals surface area (Å²) in [6, 6.07) is 9.26. The van der Waals surface area contributed by atoms with Crippen LogP contribution in [-0.2, 0) is 4.74 Å². The zero-order valence-corrected chi connectivity index (χ0v) is 11.6. The summed E-state index contributed by atoms with van der Waals surface area (Å²) in [5.41, 5.74) is 9.07. The third kappa shape index (κ3) is 3.57. The molecule has 0 spiro atoms. The van der Waals surface area contributed by atoms with E-state index in [1.807, 2.05) is 0 Å². The largest absolute Gasteiger partial charge is 0.465 e. The van der Waals surface area contributed by atoms with E-state index in [4.69, 9.17) is 5.73 Å². The Bertz CT molecular complexity index is 715. The summed E-state index contributed by atoms with van der Waals surface area (Å²) in [6.45, 7) is 0. The summed E-state index contributed by atoms with van der Waals surface area (Å²) < 4.78 is 30.8. The minimum absolute atomic E-state index is 0.00414. The van der Waals surface area contributed by atoms with Crippen molar-refractivity contribution in [3.8, 4) is 0 Å². The Morgan fingerprint density at radius 3 is 2.36 bits per heavy atom. The molecule has 22 heavy (non-hydrogen) atoms. The lowest BCUT2D eigenvalue weighted by Gasteiger charge is -2.05. The number of anilines is 1. The van der Waals surface area contributed by atoms with Crippen LogP contribution in [0.15, 0.2) is 47.6 Å². The van der Waals surface area contributed by atoms with Crippen molar-refractivity contribution in [3.05, 3.63) is 65.2 Å². The van der Waals surface area contributed by atoms with E-state index in [0.717, 1.165) is 12.1 Å². The lowest BCUT2D eigenvalue weighted by Crippen LogP contribution is -2.16. The first-order valence-electron chi connectivity index (χ1n) is 6.24. The fourth-order valence-electron chi connectivity index (χ4n) is 1.66. The molecule has 2 rings (SSSR count). The number of rotatable bonds is 4. The van der Waals surface area contributed by atoms with Crippen molar-refractivity contribution in [3.63, 3.8) is 0 Å². The summed E-state index contributed by atoms with van der Waals surface area (Å²) in [5.74, 6) is -1.84. The van der Waals surface area contributed by atoms with Gasteiger partial charge in [0.15, 0.2) is 11.7 Å². The van der Waals surface area contributed by atoms with Gasteiger partial charge in [-0.25, -0.2) is 13.6 Å². The summed E-state index contributed by atoms with van der Waals surface area (Å²) in [6.07, 6.45) is 0. The van der Waals surface area contributed by atoms with Gasteiger partial charge in [0.2, 0.25) is 0 Å². The SMILES string of the molecule is COC(=O)c1ccc(/C(N)=N/Nc2ccc(F)cc2F)cc1. The van der Waals surface area contributed by atoms with Gasteiger partial charge in [0.05, 0.1) is 18.4 Å². The molecule has 0 radical (unpaired) electrons. The third-order valence-electron chi connectivity index (χ3n) is 2.83. The number of benzene rings is 2. The quantitative estimate of drug-likeness (QED) is 0.394. The second-order valence-corrected chi connectivity index (χ2v) is 4.30. The molecule has 114 valence electrons. The molecule has 0 heterocycles. The number of halogens is 2. The minimum Gasteiger partial charge on any atom is -0.465 e. The molecule has 0 unspecified atom stereocenters. The first-order valence-corrected chi connectivity index (χ1v) is 6.24. The van der Waals surface area contributed by atoms with E-state index in [2.05, 4.69) is 15.3 Å². The highest BCUT2D eigenvalue weighted by Crippen LogP contribution is 2.15. The fraction of sp³-hybridized carbons (Fsp3) is 0.0667. The van der Waals surface area contributed by atoms with Crippen LogP contribution in [0.3, 0.4) is 0 Å². The standard InChI is InChI=1S/C15H13F2N3O2/c1-22-15(21)10-4-2-9(3-5-10)14(18)20-19-13-7-6-11(16)8-12(13)17/h2-8,19H,1H3,(H2,18,20). The molecular formula is C15H13F2N3O2. The molecule has 2 aromatic rings. The smallest absolute Gasteiger partial charge is 0.337 e. The molecule has 0 fully saturated rings. The Labute approximate surface area is 125 Å². The zero-order valence-electron chi connectivity index (χ0n) is 11.6. The predicted octanol–water partition coefficient (Wildman–Crippen LogP) is 2.48. The maximum Gasteiger partial charge on any atom is 0.337 e. The van der Waals surface area contributed by atoms with Gasteiger partial charge < -0.3 is 10.5 Å². The Kier molecular flexibility index (Phi) is 4.67. The van der Waals surface area contributed by atoms with Gasteiger partial charge in [-0.05, 0) is 24.3 Å². The fourth-order valence-corrected chi connectivity index (χ4v) is 1.66. The van der Waals surface area contributed by atoms with Gasteiger partial charge in [-0.2, -0.15) is 5.10 Å². The van der Waals surface area contributed by atoms with Crippen molar-refractivity contribution >= 4 is 17.5 Å². The molecule has 5 nitrogen and oxygen atoms in total. The minimum atomic E-state index is -0.780. The number of nitrogens with two attached hydrogens (primary N) is 1. The molecule has 0 saturated heterocycles. The van der Waals surface area contributed by atoms with E-state index < -0.39 is 17.6 Å². The Morgan fingerprint density at radius 1 is 1.14 bits per heavy atom. The molecule has 0 aliphatic rings. The van der Waals surface area contributed by atoms with Gasteiger partial charge in [-0.15, -0.1) is 0 Å². The summed E-state index contributed by atoms with van der Waals surface area (Å²) >= 11 is 0. The Balaban J connectivity index is 2.13. The number of esters is 1. The molecule has 0 aliphatic carbocycles. The van der Waals surface area contributed by atoms with Gasteiger partial charge in [0.25, 0.3) is 0 Å². The van der Waals surface area contributed by atoms with E-state index in [-0.39, 0.29) is 11.5 Å². The third-order valence-corrected chi connectivity index (χ3v) is 2.83. The van der Waals surface area contributed by atoms with E-state index in [1.165, 1.54) is 25.3 Å². The number of hydrazone groups is 1. The topological polar surface area (TPSA) is 76.7 Å². The molecule has 0 amide bonds. The summed E-state index contributed by atoms with van der Waals surface area (Å²) in [7, 11) is 1.28. The molecule has 0 atom stereocenters. The molecule has 0 saturated carbocycles. The number of amidine groups is 1. The normalized spacial score (nSPS) is 11.1. The molecular weight excluding hydrogens is 292 g/mol. The molecule has 0 bridgehead atoms. The molecule has 3 N–H and O–H groups in total. The van der Waals surface area contributed by atoms with Crippen LogP contribution >= 0.6 is 0 Å². The number of carbonyl (C=O) groups excluding carboxylic acids is 1. The van der Waals surface area contributed by atoms with Crippen LogP contribution in [0.5, 0.6) is 0 Å². The van der Waals surface area contributed by atoms with Gasteiger partial charge in [-0.1, -0.05) is 12.1 Å². The van der Waals surface area contributed by atoms with Gasteiger partial charge in [0, 0.05) is 11.6 Å². The van der Waals surface area contributed by atoms with Gasteiger partial charge >= 0.3 is 5.97 Å². The zero-order chi connectivity index (χ0) is 16.1. The van der Waals surface area contributed by atoms with Crippen molar-refractivity contribution < 1.29 is 18.3 Å². The van der Waals surface area contributed by atoms with Crippen LogP contribution in [0.25, 0.3) is 0 Å². The van der Waals surface area contributed by atoms with Crippen LogP contribution < -0.4 is 11.2 Å². The average Bonchev–Trinajstić information content (AvgIpc) is 2.53. The number of hydrogen-bond donors (Lipinski definition) is 2. The molecule has 2 aromatic carbocycles. The van der Waals surface area contributed by atoms with Gasteiger partial charge in [0.1, 0.15) is 5.82 Å². The lowest BCUT2D eigenvalue weighted by atomic mass is 10.1. The number of carbonyl (C=O) groups is 1. The highest BCUT2D eigenvalue weighted by atomic mass is 19.1. The monoisotopic (exact) mass is 305 g/mol. The van der Waals surface area contributed by atoms with Crippen molar-refractivity contribution in [2.24, 2.45) is 10.8 Å². The summed E-state index contributed by atoms with van der Waals surface area (Å²) in [5, 5.41) is 3.82. The molecule has 0 aliphatic heterocycles. The number of methoxy groups -OCH3 is 1. The lowest BCUT2D eigenvalue weighted by molar-refractivity contribution is 0.0600. The Hall–Kier alpha value is -2.96. The molecule has 0 aromatic heterocycles. The highest BCUT2D eigenvalue weighted by molar-refractivity contribution is 5.99. The maximum absolute atomic E-state index is 13.4. The first kappa shape index (κ1) is 15.4. The van der Waals surface area contributed by atoms with Crippen LogP contribution in [-0.4, -0.2) is 18.9 Å². The van der Waals surface area contributed by atoms with E-state index in [0.29, 0.717) is 11.1 Å². The maximum atomic E-state index is 13.4. The van der Waals surface area contributed by atoms with E-state index >= 15 is 0 Å². The summed E-state index contributed by atoms with van der Waals surface area (Å²) in [4.78, 5) is 11.3. The van der Waals surface area contributed by atoms with E-state index in [1.54, 1.807) is 12.1 Å². The van der Waals surface area contributed by atoms with E-state index in [9.17, 15) is 13.6 Å². The second-order valence-electron chi connectivity index (χ2n) is 4.30. The van der Waals surface area contributed by atoms with Crippen molar-refractivity contribution in [1.29, 1.82) is 0 Å². The van der Waals surface area contributed by atoms with Crippen LogP contribution in [0.4, 0.5) is 14.5 Å². The number of hydrogen-bond acceptors (Lipinski definition) is 4. The van der Waals surface area contributed by atoms with Crippen molar-refractivity contribution in [1.82, 2.24) is 0 Å². The Morgan fingerprint density at radius 2 is 1.77 bits per heavy atom. The van der Waals surface area contributed by atoms with Crippen LogP contribution in [0, 0.1) is 11.6 Å². The second kappa shape index (κ2) is 6.66. The van der Waals surface area contributed by atoms with Crippen molar-refractivity contribution in [2.75, 3.05) is 12.5 Å². The van der Waals surface area contributed by atoms with Crippen LogP contribution in [0.2, 0.25) is 0 Å². The molecule has 7 heteroatoms. The first-order chi connectivity index (χ1) is 10.5. The number of ether oxygens (including phenoxy) is 1.